The van der Waals surface area contributed by atoms with E-state index in [2.05, 4.69) is 77.0 Å². The van der Waals surface area contributed by atoms with Crippen LogP contribution in [0.5, 0.6) is 5.75 Å². The van der Waals surface area contributed by atoms with E-state index in [-0.39, 0.29) is 42.3 Å². The number of anilines is 6. The molecule has 1 aliphatic carbocycles. The number of para-hydroxylation sites is 2. The predicted octanol–water partition coefficient (Wildman–Crippen LogP) is 6.21. The van der Waals surface area contributed by atoms with Gasteiger partial charge in [0.2, 0.25) is 23.7 Å². The third kappa shape index (κ3) is 12.1. The van der Waals surface area contributed by atoms with Crippen molar-refractivity contribution < 1.29 is 24.2 Å². The Morgan fingerprint density at radius 2 is 1.33 bits per heavy atom. The number of nitrogens with one attached hydrogen (secondary N) is 4. The molecule has 19 nitrogen and oxygen atoms in total. The Bertz CT molecular complexity index is 3380. The average Bonchev–Trinajstić information content (AvgIpc) is 3.39. The van der Waals surface area contributed by atoms with Gasteiger partial charge < -0.3 is 40.9 Å². The van der Waals surface area contributed by atoms with Crippen molar-refractivity contribution in [2.45, 2.75) is 57.5 Å². The summed E-state index contributed by atoms with van der Waals surface area (Å²) < 4.78 is 8.50. The number of carboxylic acid groups (broad SMARTS) is 1. The number of benzene rings is 3. The molecule has 7 aromatic rings. The fourth-order valence-corrected chi connectivity index (χ4v) is 8.91. The van der Waals surface area contributed by atoms with Gasteiger partial charge in [0.1, 0.15) is 11.4 Å². The highest BCUT2D eigenvalue weighted by molar-refractivity contribution is 5.92. The molecular formula is C54H54N12O7. The van der Waals surface area contributed by atoms with Crippen molar-refractivity contribution >= 4 is 74.5 Å². The fourth-order valence-electron chi connectivity index (χ4n) is 8.91. The molecule has 372 valence electrons. The second-order valence-corrected chi connectivity index (χ2v) is 17.6. The maximum atomic E-state index is 13.2. The molecule has 4 aromatic heterocycles. The average molecular weight is 983 g/mol. The summed E-state index contributed by atoms with van der Waals surface area (Å²) in [6.45, 7) is 5.67. The topological polar surface area (TPSA) is 231 Å². The lowest BCUT2D eigenvalue weighted by Crippen LogP contribution is -2.44. The molecule has 5 N–H and O–H groups in total. The van der Waals surface area contributed by atoms with Crippen molar-refractivity contribution in [3.63, 3.8) is 0 Å². The van der Waals surface area contributed by atoms with Gasteiger partial charge in [0.15, 0.2) is 5.65 Å². The molecule has 2 amide bonds. The van der Waals surface area contributed by atoms with Gasteiger partial charge in [-0.3, -0.25) is 33.1 Å². The van der Waals surface area contributed by atoms with Gasteiger partial charge in [-0.05, 0) is 93.4 Å². The van der Waals surface area contributed by atoms with E-state index in [0.717, 1.165) is 57.5 Å². The molecule has 19 heteroatoms. The van der Waals surface area contributed by atoms with Crippen molar-refractivity contribution in [2.75, 3.05) is 61.2 Å². The van der Waals surface area contributed by atoms with Crippen LogP contribution in [0.15, 0.2) is 107 Å². The number of hydrogen-bond acceptors (Lipinski definition) is 14. The van der Waals surface area contributed by atoms with E-state index in [1.165, 1.54) is 29.3 Å². The Kier molecular flexibility index (Phi) is 15.7. The summed E-state index contributed by atoms with van der Waals surface area (Å²) in [5, 5.41) is 21.9. The highest BCUT2D eigenvalue weighted by atomic mass is 16.5. The molecule has 0 atom stereocenters. The molecule has 2 aliphatic rings. The first kappa shape index (κ1) is 50.3. The molecule has 0 radical (unpaired) electrons. The highest BCUT2D eigenvalue weighted by Crippen LogP contribution is 2.32. The van der Waals surface area contributed by atoms with Gasteiger partial charge in [-0.15, -0.1) is 12.8 Å². The number of rotatable bonds is 13. The number of carboxylic acids is 1. The first-order valence-corrected chi connectivity index (χ1v) is 23.7. The quantitative estimate of drug-likeness (QED) is 0.0810. The summed E-state index contributed by atoms with van der Waals surface area (Å²) in [6, 6.07) is 25.0. The summed E-state index contributed by atoms with van der Waals surface area (Å²) in [6.07, 6.45) is 17.3. The van der Waals surface area contributed by atoms with Crippen LogP contribution in [0.3, 0.4) is 0 Å². The van der Waals surface area contributed by atoms with E-state index >= 15 is 0 Å². The minimum absolute atomic E-state index is 0.0162. The van der Waals surface area contributed by atoms with Gasteiger partial charge in [0.25, 0.3) is 11.1 Å². The number of aromatic nitrogens is 6. The van der Waals surface area contributed by atoms with E-state index in [1.54, 1.807) is 60.5 Å². The van der Waals surface area contributed by atoms with E-state index in [4.69, 9.17) is 27.7 Å². The second kappa shape index (κ2) is 22.8. The SMILES string of the molecule is C#Cc1cc(=O)n(-c2ccc(NC(=O)CCC(=O)O)cc2)c2nc(Nc3ccccc3OC)ncc12.C#Cc1cc(=O)n(C2CCC(NC(C)=O)CC2)c2nc(Nc3ccc(N4CCN(C)CC4)cc3)ncc12. The summed E-state index contributed by atoms with van der Waals surface area (Å²) in [4.78, 5) is 83.1. The number of pyridine rings is 2. The molecule has 5 heterocycles. The first-order chi connectivity index (χ1) is 35.3. The Labute approximate surface area is 420 Å². The largest absolute Gasteiger partial charge is 0.495 e. The third-order valence-electron chi connectivity index (χ3n) is 12.7. The lowest BCUT2D eigenvalue weighted by atomic mass is 9.90. The molecular weight excluding hydrogens is 929 g/mol. The zero-order valence-electron chi connectivity index (χ0n) is 40.6. The minimum atomic E-state index is -1.05. The molecule has 1 saturated heterocycles. The normalized spacial score (nSPS) is 15.5. The number of ether oxygens (including phenoxy) is 1. The van der Waals surface area contributed by atoms with Gasteiger partial charge in [0, 0.05) is 104 Å². The van der Waals surface area contributed by atoms with Crippen molar-refractivity contribution in [2.24, 2.45) is 0 Å². The van der Waals surface area contributed by atoms with Crippen LogP contribution in [0.1, 0.15) is 62.6 Å². The van der Waals surface area contributed by atoms with Crippen LogP contribution in [-0.4, -0.2) is 103 Å². The maximum absolute atomic E-state index is 13.2. The lowest BCUT2D eigenvalue weighted by molar-refractivity contribution is -0.138. The van der Waals surface area contributed by atoms with Gasteiger partial charge >= 0.3 is 5.97 Å². The third-order valence-corrected chi connectivity index (χ3v) is 12.7. The standard InChI is InChI=1S/C28H33N7O2.C26H21N5O5/c1-4-20-17-26(37)35(24-11-7-21(8-12-24)30-19(2)36)27-25(20)18-29-28(32-27)31-22-5-9-23(10-6-22)34-15-13-33(3)14-16-34;1-3-16-14-23(33)31(18-10-8-17(9-11-18)28-22(32)12-13-24(34)35)25-19(16)15-27-26(30-25)29-20-6-4-5-7-21(20)36-2/h1,5-6,9-10,17-18,21,24H,7-8,11-16H2,2-3H3,(H,30,36)(H,29,31,32);1,4-11,14-15H,12-13H2,2H3,(H,28,32)(H,34,35)(H,27,29,30). The number of aliphatic carboxylic acids is 1. The summed E-state index contributed by atoms with van der Waals surface area (Å²) in [5.74, 6) is 4.85. The zero-order chi connectivity index (χ0) is 51.6. The Morgan fingerprint density at radius 3 is 1.96 bits per heavy atom. The van der Waals surface area contributed by atoms with Crippen molar-refractivity contribution in [1.82, 2.24) is 39.3 Å². The van der Waals surface area contributed by atoms with E-state index in [1.807, 2.05) is 24.3 Å². The zero-order valence-corrected chi connectivity index (χ0v) is 40.6. The fraction of sp³-hybridized carbons (Fsp3) is 0.278. The van der Waals surface area contributed by atoms with Crippen molar-refractivity contribution in [3.8, 4) is 36.1 Å². The smallest absolute Gasteiger partial charge is 0.303 e. The number of nitrogens with zero attached hydrogens (tertiary/aromatic N) is 8. The number of carbonyl (C=O) groups is 3. The van der Waals surface area contributed by atoms with Gasteiger partial charge in [0.05, 0.1) is 35.7 Å². The van der Waals surface area contributed by atoms with Crippen LogP contribution in [0.2, 0.25) is 0 Å². The van der Waals surface area contributed by atoms with Crippen molar-refractivity contribution in [3.05, 3.63) is 129 Å². The monoisotopic (exact) mass is 982 g/mol. The Morgan fingerprint density at radius 1 is 0.740 bits per heavy atom. The van der Waals surface area contributed by atoms with Crippen LogP contribution in [0, 0.1) is 24.7 Å². The van der Waals surface area contributed by atoms with Gasteiger partial charge in [-0.25, -0.2) is 9.97 Å². The summed E-state index contributed by atoms with van der Waals surface area (Å²) >= 11 is 0. The van der Waals surface area contributed by atoms with Crippen LogP contribution < -0.4 is 42.0 Å². The highest BCUT2D eigenvalue weighted by Gasteiger charge is 2.26. The molecule has 1 aliphatic heterocycles. The molecule has 0 unspecified atom stereocenters. The van der Waals surface area contributed by atoms with Crippen LogP contribution >= 0.6 is 0 Å². The lowest BCUT2D eigenvalue weighted by Gasteiger charge is -2.34. The minimum Gasteiger partial charge on any atom is -0.495 e. The summed E-state index contributed by atoms with van der Waals surface area (Å²) in [7, 11) is 3.70. The Hall–Kier alpha value is -9.07. The van der Waals surface area contributed by atoms with E-state index in [0.29, 0.717) is 62.0 Å². The molecule has 0 spiro atoms. The Balaban J connectivity index is 0.000000195. The van der Waals surface area contributed by atoms with E-state index < -0.39 is 17.4 Å². The van der Waals surface area contributed by atoms with Gasteiger partial charge in [-0.1, -0.05) is 24.0 Å². The molecule has 1 saturated carbocycles. The molecule has 9 rings (SSSR count). The first-order valence-electron chi connectivity index (χ1n) is 23.7. The number of hydrogen-bond donors (Lipinski definition) is 5. The number of likely N-dealkylation sites (N-methyl/N-ethyl adjacent to an activating group) is 1. The molecule has 73 heavy (non-hydrogen) atoms. The van der Waals surface area contributed by atoms with Crippen LogP contribution in [0.25, 0.3) is 27.8 Å². The number of fused-ring (bicyclic) bond motifs is 2. The number of methoxy groups -OCH3 is 1. The second-order valence-electron chi connectivity index (χ2n) is 17.6. The number of amides is 2. The molecule has 2 fully saturated rings. The van der Waals surface area contributed by atoms with E-state index in [9.17, 15) is 24.0 Å². The van der Waals surface area contributed by atoms with Gasteiger partial charge in [-0.2, -0.15) is 9.97 Å². The van der Waals surface area contributed by atoms with Crippen molar-refractivity contribution in [1.29, 1.82) is 0 Å². The summed E-state index contributed by atoms with van der Waals surface area (Å²) in [5.41, 5.74) is 4.78. The maximum Gasteiger partial charge on any atom is 0.303 e. The van der Waals surface area contributed by atoms with Crippen LogP contribution in [-0.2, 0) is 14.4 Å². The molecule has 0 bridgehead atoms. The molecule has 3 aromatic carbocycles. The van der Waals surface area contributed by atoms with Crippen LogP contribution in [0.4, 0.5) is 34.6 Å². The number of piperazine rings is 1. The number of terminal acetylenes is 2. The predicted molar refractivity (Wildman–Crippen MR) is 281 cm³/mol. The number of carbonyl (C=O) groups excluding carboxylic acids is 2.